The molecule has 0 aliphatic heterocycles. The Morgan fingerprint density at radius 3 is 1.87 bits per heavy atom. The van der Waals surface area contributed by atoms with E-state index in [1.54, 1.807) is 6.20 Å². The van der Waals surface area contributed by atoms with E-state index in [2.05, 4.69) is 9.97 Å². The van der Waals surface area contributed by atoms with Crippen LogP contribution >= 0.6 is 0 Å². The number of hydrogen-bond donors (Lipinski definition) is 1. The van der Waals surface area contributed by atoms with Gasteiger partial charge >= 0.3 is 0 Å². The Hall–Kier alpha value is -2.72. The summed E-state index contributed by atoms with van der Waals surface area (Å²) in [5, 5.41) is 11.3. The van der Waals surface area contributed by atoms with E-state index in [1.165, 1.54) is 0 Å². The summed E-state index contributed by atoms with van der Waals surface area (Å²) < 4.78 is 0. The Morgan fingerprint density at radius 2 is 1.35 bits per heavy atom. The Kier molecular flexibility index (Phi) is 4.35. The molecule has 0 saturated carbocycles. The first-order valence-electron chi connectivity index (χ1n) is 7.63. The van der Waals surface area contributed by atoms with Crippen molar-refractivity contribution in [1.82, 2.24) is 9.97 Å². The highest BCUT2D eigenvalue weighted by Crippen LogP contribution is 2.30. The predicted octanol–water partition coefficient (Wildman–Crippen LogP) is 4.41. The van der Waals surface area contributed by atoms with Crippen LogP contribution in [0.25, 0.3) is 22.5 Å². The van der Waals surface area contributed by atoms with Crippen molar-refractivity contribution in [2.24, 2.45) is 0 Å². The zero-order chi connectivity index (χ0) is 16.2. The Bertz CT molecular complexity index is 773. The van der Waals surface area contributed by atoms with Gasteiger partial charge in [-0.15, -0.1) is 0 Å². The van der Waals surface area contributed by atoms with E-state index in [4.69, 9.17) is 0 Å². The maximum absolute atomic E-state index is 10.2. The van der Waals surface area contributed by atoms with E-state index in [1.807, 2.05) is 74.5 Å². The molecule has 4 heteroatoms. The lowest BCUT2D eigenvalue weighted by atomic mass is 10.0. The molecule has 0 saturated heterocycles. The second-order valence-electron chi connectivity index (χ2n) is 5.60. The lowest BCUT2D eigenvalue weighted by Gasteiger charge is -2.21. The van der Waals surface area contributed by atoms with E-state index < -0.39 is 0 Å². The van der Waals surface area contributed by atoms with Crippen molar-refractivity contribution >= 4 is 5.82 Å². The van der Waals surface area contributed by atoms with Crippen LogP contribution in [0, 0.1) is 0 Å². The van der Waals surface area contributed by atoms with Gasteiger partial charge in [0.2, 0.25) is 0 Å². The van der Waals surface area contributed by atoms with Gasteiger partial charge in [0, 0.05) is 11.1 Å². The molecule has 4 nitrogen and oxygen atoms in total. The van der Waals surface area contributed by atoms with Crippen LogP contribution in [0.5, 0.6) is 0 Å². The first-order chi connectivity index (χ1) is 11.2. The number of benzene rings is 2. The van der Waals surface area contributed by atoms with E-state index in [0.717, 1.165) is 27.6 Å². The normalized spacial score (nSPS) is 10.8. The molecular weight excluding hydrogens is 286 g/mol. The zero-order valence-electron chi connectivity index (χ0n) is 13.2. The van der Waals surface area contributed by atoms with Gasteiger partial charge < -0.3 is 0 Å². The van der Waals surface area contributed by atoms with Gasteiger partial charge in [-0.2, -0.15) is 0 Å². The molecule has 1 heterocycles. The molecule has 0 amide bonds. The van der Waals surface area contributed by atoms with Crippen LogP contribution in [-0.2, 0) is 0 Å². The first-order valence-corrected chi connectivity index (χ1v) is 7.63. The van der Waals surface area contributed by atoms with Gasteiger partial charge in [-0.1, -0.05) is 60.7 Å². The summed E-state index contributed by atoms with van der Waals surface area (Å²) in [6, 6.07) is 19.8. The molecule has 3 rings (SSSR count). The second kappa shape index (κ2) is 6.58. The van der Waals surface area contributed by atoms with Crippen molar-refractivity contribution in [3.8, 4) is 22.5 Å². The third kappa shape index (κ3) is 3.22. The highest BCUT2D eigenvalue weighted by molar-refractivity contribution is 5.78. The molecule has 1 aromatic heterocycles. The zero-order valence-corrected chi connectivity index (χ0v) is 13.2. The van der Waals surface area contributed by atoms with Crippen molar-refractivity contribution in [3.63, 3.8) is 0 Å². The minimum atomic E-state index is -0.0736. The van der Waals surface area contributed by atoms with Gasteiger partial charge in [-0.3, -0.25) is 10.2 Å². The van der Waals surface area contributed by atoms with Gasteiger partial charge in [0.15, 0.2) is 5.82 Å². The summed E-state index contributed by atoms with van der Waals surface area (Å²) in [6.45, 7) is 3.80. The van der Waals surface area contributed by atoms with Crippen molar-refractivity contribution in [1.29, 1.82) is 0 Å². The molecule has 2 aromatic carbocycles. The SMILES string of the molecule is CC(C)N(O)c1cnc(-c2ccccc2)c(-c2ccccc2)n1. The lowest BCUT2D eigenvalue weighted by Crippen LogP contribution is -2.27. The Morgan fingerprint density at radius 1 is 0.826 bits per heavy atom. The monoisotopic (exact) mass is 305 g/mol. The molecule has 0 atom stereocenters. The molecule has 0 spiro atoms. The van der Waals surface area contributed by atoms with Gasteiger partial charge in [0.1, 0.15) is 0 Å². The van der Waals surface area contributed by atoms with E-state index in [0.29, 0.717) is 5.82 Å². The van der Waals surface area contributed by atoms with Crippen LogP contribution in [-0.4, -0.2) is 21.2 Å². The third-order valence-corrected chi connectivity index (χ3v) is 3.58. The minimum Gasteiger partial charge on any atom is -0.287 e. The Labute approximate surface area is 136 Å². The van der Waals surface area contributed by atoms with Crippen LogP contribution < -0.4 is 5.06 Å². The summed E-state index contributed by atoms with van der Waals surface area (Å²) in [7, 11) is 0. The maximum atomic E-state index is 10.2. The minimum absolute atomic E-state index is 0.0736. The van der Waals surface area contributed by atoms with Crippen LogP contribution in [0.1, 0.15) is 13.8 Å². The van der Waals surface area contributed by atoms with E-state index >= 15 is 0 Å². The average molecular weight is 305 g/mol. The van der Waals surface area contributed by atoms with Crippen LogP contribution in [0.15, 0.2) is 66.9 Å². The highest BCUT2D eigenvalue weighted by Gasteiger charge is 2.15. The first kappa shape index (κ1) is 15.2. The number of hydrogen-bond acceptors (Lipinski definition) is 4. The van der Waals surface area contributed by atoms with Crippen LogP contribution in [0.3, 0.4) is 0 Å². The number of nitrogens with zero attached hydrogens (tertiary/aromatic N) is 3. The molecule has 0 radical (unpaired) electrons. The summed E-state index contributed by atoms with van der Waals surface area (Å²) >= 11 is 0. The molecule has 0 aliphatic carbocycles. The quantitative estimate of drug-likeness (QED) is 0.725. The predicted molar refractivity (Wildman–Crippen MR) is 92.3 cm³/mol. The van der Waals surface area contributed by atoms with Crippen molar-refractivity contribution in [3.05, 3.63) is 66.9 Å². The summed E-state index contributed by atoms with van der Waals surface area (Å²) in [5.41, 5.74) is 3.53. The van der Waals surface area contributed by atoms with E-state index in [-0.39, 0.29) is 6.04 Å². The molecule has 23 heavy (non-hydrogen) atoms. The Balaban J connectivity index is 2.17. The summed E-state index contributed by atoms with van der Waals surface area (Å²) in [5.74, 6) is 0.443. The van der Waals surface area contributed by atoms with Crippen LogP contribution in [0.2, 0.25) is 0 Å². The van der Waals surface area contributed by atoms with Crippen LogP contribution in [0.4, 0.5) is 5.82 Å². The summed E-state index contributed by atoms with van der Waals surface area (Å²) in [4.78, 5) is 9.22. The standard InChI is InChI=1S/C19H19N3O/c1-14(2)22(23)17-13-20-18(15-9-5-3-6-10-15)19(21-17)16-11-7-4-8-12-16/h3-14,23H,1-2H3. The molecule has 0 aliphatic rings. The fraction of sp³-hybridized carbons (Fsp3) is 0.158. The summed E-state index contributed by atoms with van der Waals surface area (Å²) in [6.07, 6.45) is 1.61. The molecule has 3 aromatic rings. The smallest absolute Gasteiger partial charge is 0.171 e. The molecule has 116 valence electrons. The second-order valence-corrected chi connectivity index (χ2v) is 5.60. The van der Waals surface area contributed by atoms with Gasteiger partial charge in [0.05, 0.1) is 23.6 Å². The number of aromatic nitrogens is 2. The van der Waals surface area contributed by atoms with Gasteiger partial charge in [0.25, 0.3) is 0 Å². The number of rotatable bonds is 4. The largest absolute Gasteiger partial charge is 0.287 e. The fourth-order valence-corrected chi connectivity index (χ4v) is 2.36. The molecule has 0 fully saturated rings. The highest BCUT2D eigenvalue weighted by atomic mass is 16.5. The van der Waals surface area contributed by atoms with Crippen molar-refractivity contribution in [2.75, 3.05) is 5.06 Å². The number of anilines is 1. The van der Waals surface area contributed by atoms with Gasteiger partial charge in [-0.05, 0) is 13.8 Å². The van der Waals surface area contributed by atoms with Crippen molar-refractivity contribution < 1.29 is 5.21 Å². The molecule has 0 bridgehead atoms. The average Bonchev–Trinajstić information content (AvgIpc) is 2.62. The molecular formula is C19H19N3O. The maximum Gasteiger partial charge on any atom is 0.171 e. The molecule has 1 N–H and O–H groups in total. The van der Waals surface area contributed by atoms with Gasteiger partial charge in [-0.25, -0.2) is 10.0 Å². The topological polar surface area (TPSA) is 49.2 Å². The van der Waals surface area contributed by atoms with E-state index in [9.17, 15) is 5.21 Å². The lowest BCUT2D eigenvalue weighted by molar-refractivity contribution is 0.225. The number of hydroxylamine groups is 1. The van der Waals surface area contributed by atoms with Crippen molar-refractivity contribution in [2.45, 2.75) is 19.9 Å². The fourth-order valence-electron chi connectivity index (χ4n) is 2.36. The third-order valence-electron chi connectivity index (χ3n) is 3.58. The molecule has 0 unspecified atom stereocenters.